The van der Waals surface area contributed by atoms with E-state index in [1.807, 2.05) is 18.2 Å². The number of hydrogen-bond acceptors (Lipinski definition) is 1. The fourth-order valence-electron chi connectivity index (χ4n) is 2.17. The van der Waals surface area contributed by atoms with Crippen molar-refractivity contribution >= 4 is 11.9 Å². The second kappa shape index (κ2) is 6.78. The predicted octanol–water partition coefficient (Wildman–Crippen LogP) is 0.954. The first-order valence-corrected chi connectivity index (χ1v) is 6.68. The fraction of sp³-hybridized carbons (Fsp3) is 0.429. The second-order valence-corrected chi connectivity index (χ2v) is 4.65. The lowest BCUT2D eigenvalue weighted by atomic mass is 10.2. The molecule has 0 amide bonds. The van der Waals surface area contributed by atoms with Gasteiger partial charge in [0.1, 0.15) is 0 Å². The van der Waals surface area contributed by atoms with E-state index in [9.17, 15) is 0 Å². The average Bonchev–Trinajstić information content (AvgIpc) is 2.92. The maximum atomic E-state index is 5.46. The summed E-state index contributed by atoms with van der Waals surface area (Å²) in [5, 5.41) is 0. The Hall–Kier alpha value is -2.04. The number of nitrogens with zero attached hydrogens (tertiary/aromatic N) is 3. The van der Waals surface area contributed by atoms with Gasteiger partial charge in [0.15, 0.2) is 5.96 Å². The SMILES string of the molecule is NC(N)=NC(=NCCc1ccccc1)N1CCCC1. The Labute approximate surface area is 114 Å². The summed E-state index contributed by atoms with van der Waals surface area (Å²) in [6.07, 6.45) is 3.26. The Balaban J connectivity index is 1.97. The van der Waals surface area contributed by atoms with Gasteiger partial charge in [-0.15, -0.1) is 0 Å². The molecule has 0 spiro atoms. The molecule has 5 nitrogen and oxygen atoms in total. The number of benzene rings is 1. The summed E-state index contributed by atoms with van der Waals surface area (Å²) in [5.74, 6) is 0.749. The first-order valence-electron chi connectivity index (χ1n) is 6.68. The van der Waals surface area contributed by atoms with E-state index in [1.54, 1.807) is 0 Å². The molecule has 0 atom stereocenters. The molecule has 0 aromatic heterocycles. The van der Waals surface area contributed by atoms with E-state index in [-0.39, 0.29) is 5.96 Å². The highest BCUT2D eigenvalue weighted by Crippen LogP contribution is 2.09. The van der Waals surface area contributed by atoms with Gasteiger partial charge in [0, 0.05) is 19.6 Å². The Morgan fingerprint density at radius 2 is 1.79 bits per heavy atom. The zero-order valence-electron chi connectivity index (χ0n) is 11.1. The van der Waals surface area contributed by atoms with Crippen LogP contribution >= 0.6 is 0 Å². The van der Waals surface area contributed by atoms with Gasteiger partial charge in [-0.05, 0) is 24.8 Å². The number of nitrogens with two attached hydrogens (primary N) is 2. The Morgan fingerprint density at radius 3 is 2.42 bits per heavy atom. The summed E-state index contributed by atoms with van der Waals surface area (Å²) in [7, 11) is 0. The Kier molecular flexibility index (Phi) is 4.78. The molecule has 1 heterocycles. The van der Waals surface area contributed by atoms with Gasteiger partial charge in [0.25, 0.3) is 0 Å². The molecule has 0 bridgehead atoms. The minimum atomic E-state index is 0.0744. The van der Waals surface area contributed by atoms with Crippen LogP contribution in [0.15, 0.2) is 40.3 Å². The van der Waals surface area contributed by atoms with Crippen molar-refractivity contribution in [3.8, 4) is 0 Å². The lowest BCUT2D eigenvalue weighted by molar-refractivity contribution is 0.510. The third-order valence-corrected chi connectivity index (χ3v) is 3.11. The van der Waals surface area contributed by atoms with E-state index in [0.717, 1.165) is 19.5 Å². The first-order chi connectivity index (χ1) is 9.25. The number of aliphatic imine (C=N–C) groups is 2. The van der Waals surface area contributed by atoms with Crippen molar-refractivity contribution in [3.63, 3.8) is 0 Å². The zero-order chi connectivity index (χ0) is 13.5. The van der Waals surface area contributed by atoms with Gasteiger partial charge in [-0.3, -0.25) is 4.99 Å². The molecule has 1 fully saturated rings. The van der Waals surface area contributed by atoms with Crippen LogP contribution in [-0.4, -0.2) is 36.5 Å². The highest BCUT2D eigenvalue weighted by Gasteiger charge is 2.15. The molecule has 1 aromatic carbocycles. The third kappa shape index (κ3) is 4.28. The molecule has 2 rings (SSSR count). The van der Waals surface area contributed by atoms with Crippen LogP contribution in [-0.2, 0) is 6.42 Å². The van der Waals surface area contributed by atoms with Gasteiger partial charge >= 0.3 is 0 Å². The monoisotopic (exact) mass is 259 g/mol. The van der Waals surface area contributed by atoms with E-state index in [4.69, 9.17) is 11.5 Å². The number of hydrogen-bond donors (Lipinski definition) is 2. The van der Waals surface area contributed by atoms with Gasteiger partial charge in [0.2, 0.25) is 5.96 Å². The molecule has 0 aliphatic carbocycles. The molecule has 102 valence electrons. The summed E-state index contributed by atoms with van der Waals surface area (Å²) < 4.78 is 0. The van der Waals surface area contributed by atoms with E-state index in [0.29, 0.717) is 12.5 Å². The standard InChI is InChI=1S/C14H21N5/c15-13(16)18-14(19-10-4-5-11-19)17-9-8-12-6-2-1-3-7-12/h1-3,6-7H,4-5,8-11H2,(H4,15,16,17,18). The molecule has 1 aromatic rings. The number of likely N-dealkylation sites (tertiary alicyclic amines) is 1. The summed E-state index contributed by atoms with van der Waals surface area (Å²) >= 11 is 0. The van der Waals surface area contributed by atoms with Gasteiger partial charge < -0.3 is 16.4 Å². The van der Waals surface area contributed by atoms with Crippen LogP contribution in [0.4, 0.5) is 0 Å². The highest BCUT2D eigenvalue weighted by molar-refractivity contribution is 5.93. The van der Waals surface area contributed by atoms with Crippen molar-refractivity contribution in [2.24, 2.45) is 21.5 Å². The molecule has 0 unspecified atom stereocenters. The second-order valence-electron chi connectivity index (χ2n) is 4.65. The van der Waals surface area contributed by atoms with Crippen LogP contribution in [0, 0.1) is 0 Å². The van der Waals surface area contributed by atoms with Gasteiger partial charge in [-0.2, -0.15) is 4.99 Å². The molecular formula is C14H21N5. The van der Waals surface area contributed by atoms with E-state index in [1.165, 1.54) is 18.4 Å². The summed E-state index contributed by atoms with van der Waals surface area (Å²) in [4.78, 5) is 10.8. The molecule has 1 aliphatic heterocycles. The molecule has 0 radical (unpaired) electrons. The van der Waals surface area contributed by atoms with Crippen molar-refractivity contribution < 1.29 is 0 Å². The van der Waals surface area contributed by atoms with Crippen molar-refractivity contribution in [2.75, 3.05) is 19.6 Å². The fourth-order valence-corrected chi connectivity index (χ4v) is 2.17. The molecule has 0 saturated carbocycles. The molecule has 1 aliphatic rings. The van der Waals surface area contributed by atoms with E-state index < -0.39 is 0 Å². The molecular weight excluding hydrogens is 238 g/mol. The van der Waals surface area contributed by atoms with Crippen LogP contribution in [0.5, 0.6) is 0 Å². The largest absolute Gasteiger partial charge is 0.370 e. The summed E-state index contributed by atoms with van der Waals surface area (Å²) in [6, 6.07) is 10.3. The van der Waals surface area contributed by atoms with E-state index >= 15 is 0 Å². The lowest BCUT2D eigenvalue weighted by Crippen LogP contribution is -2.32. The van der Waals surface area contributed by atoms with Crippen LogP contribution in [0.3, 0.4) is 0 Å². The smallest absolute Gasteiger partial charge is 0.223 e. The maximum Gasteiger partial charge on any atom is 0.223 e. The van der Waals surface area contributed by atoms with Crippen LogP contribution in [0.25, 0.3) is 0 Å². The zero-order valence-corrected chi connectivity index (χ0v) is 11.1. The van der Waals surface area contributed by atoms with Crippen LogP contribution in [0.2, 0.25) is 0 Å². The highest BCUT2D eigenvalue weighted by atomic mass is 15.3. The molecule has 19 heavy (non-hydrogen) atoms. The maximum absolute atomic E-state index is 5.46. The van der Waals surface area contributed by atoms with Crippen molar-refractivity contribution in [1.29, 1.82) is 0 Å². The van der Waals surface area contributed by atoms with Crippen LogP contribution < -0.4 is 11.5 Å². The average molecular weight is 259 g/mol. The minimum Gasteiger partial charge on any atom is -0.370 e. The first kappa shape index (κ1) is 13.4. The summed E-state index contributed by atoms with van der Waals surface area (Å²) in [5.41, 5.74) is 12.2. The summed E-state index contributed by atoms with van der Waals surface area (Å²) in [6.45, 7) is 2.68. The Bertz CT molecular complexity index is 442. The number of guanidine groups is 2. The lowest BCUT2D eigenvalue weighted by Gasteiger charge is -2.16. The Morgan fingerprint density at radius 1 is 1.11 bits per heavy atom. The van der Waals surface area contributed by atoms with Gasteiger partial charge in [0.05, 0.1) is 0 Å². The van der Waals surface area contributed by atoms with Crippen molar-refractivity contribution in [1.82, 2.24) is 4.90 Å². The predicted molar refractivity (Wildman–Crippen MR) is 79.1 cm³/mol. The van der Waals surface area contributed by atoms with Gasteiger partial charge in [-0.1, -0.05) is 30.3 Å². The normalized spacial score (nSPS) is 15.6. The van der Waals surface area contributed by atoms with Gasteiger partial charge in [-0.25, -0.2) is 0 Å². The molecule has 4 N–H and O–H groups in total. The van der Waals surface area contributed by atoms with Crippen molar-refractivity contribution in [3.05, 3.63) is 35.9 Å². The molecule has 1 saturated heterocycles. The van der Waals surface area contributed by atoms with E-state index in [2.05, 4.69) is 27.0 Å². The quantitative estimate of drug-likeness (QED) is 0.626. The van der Waals surface area contributed by atoms with Crippen LogP contribution in [0.1, 0.15) is 18.4 Å². The topological polar surface area (TPSA) is 80.0 Å². The van der Waals surface area contributed by atoms with Crippen molar-refractivity contribution in [2.45, 2.75) is 19.3 Å². The minimum absolute atomic E-state index is 0.0744. The number of rotatable bonds is 3. The third-order valence-electron chi connectivity index (χ3n) is 3.11. The molecule has 5 heteroatoms.